The van der Waals surface area contributed by atoms with E-state index in [9.17, 15) is 5.26 Å². The molecule has 1 aliphatic carbocycles. The van der Waals surface area contributed by atoms with Crippen LogP contribution in [0.5, 0.6) is 0 Å². The van der Waals surface area contributed by atoms with Crippen molar-refractivity contribution in [3.05, 3.63) is 30.1 Å². The summed E-state index contributed by atoms with van der Waals surface area (Å²) >= 11 is 0. The topological polar surface area (TPSA) is 90.9 Å². The zero-order chi connectivity index (χ0) is 16.6. The summed E-state index contributed by atoms with van der Waals surface area (Å²) in [5.74, 6) is 0.645. The Hall–Kier alpha value is -2.23. The first-order valence-corrected chi connectivity index (χ1v) is 8.57. The normalized spacial score (nSPS) is 21.3. The highest BCUT2D eigenvalue weighted by molar-refractivity contribution is 5.92. The second-order valence-corrected chi connectivity index (χ2v) is 6.93. The molecule has 0 amide bonds. The van der Waals surface area contributed by atoms with Crippen LogP contribution in [0.2, 0.25) is 0 Å². The predicted molar refractivity (Wildman–Crippen MR) is 93.5 cm³/mol. The van der Waals surface area contributed by atoms with Gasteiger partial charge in [0.05, 0.1) is 11.3 Å². The first kappa shape index (κ1) is 15.3. The molecule has 124 valence electrons. The highest BCUT2D eigenvalue weighted by atomic mass is 15.2. The number of rotatable bonds is 5. The summed E-state index contributed by atoms with van der Waals surface area (Å²) in [6.07, 6.45) is 5.96. The van der Waals surface area contributed by atoms with E-state index in [1.807, 2.05) is 12.1 Å². The Kier molecular flexibility index (Phi) is 3.83. The van der Waals surface area contributed by atoms with E-state index in [0.29, 0.717) is 29.0 Å². The summed E-state index contributed by atoms with van der Waals surface area (Å²) in [5, 5.41) is 12.8. The Balaban J connectivity index is 1.63. The number of nitrogens with two attached hydrogens (primary N) is 1. The van der Waals surface area contributed by atoms with Gasteiger partial charge in [0.15, 0.2) is 0 Å². The van der Waals surface area contributed by atoms with E-state index in [0.717, 1.165) is 37.4 Å². The van der Waals surface area contributed by atoms with Gasteiger partial charge >= 0.3 is 0 Å². The smallest absolute Gasteiger partial charge is 0.113 e. The zero-order valence-corrected chi connectivity index (χ0v) is 13.7. The number of benzene rings is 1. The zero-order valence-electron chi connectivity index (χ0n) is 13.7. The van der Waals surface area contributed by atoms with Crippen LogP contribution >= 0.6 is 0 Å². The van der Waals surface area contributed by atoms with Crippen LogP contribution in [0.25, 0.3) is 11.0 Å². The van der Waals surface area contributed by atoms with Crippen LogP contribution in [0.1, 0.15) is 18.4 Å². The van der Waals surface area contributed by atoms with Crippen molar-refractivity contribution >= 4 is 16.7 Å². The number of hydrogen-bond donors (Lipinski definition) is 2. The van der Waals surface area contributed by atoms with Gasteiger partial charge in [-0.15, -0.1) is 0 Å². The lowest BCUT2D eigenvalue weighted by Gasteiger charge is -2.20. The number of nitrogens with zero attached hydrogens (tertiary/aromatic N) is 4. The fourth-order valence-corrected chi connectivity index (χ4v) is 3.99. The van der Waals surface area contributed by atoms with Gasteiger partial charge in [-0.05, 0) is 36.3 Å². The summed E-state index contributed by atoms with van der Waals surface area (Å²) < 4.78 is 0. The molecule has 1 aromatic heterocycles. The van der Waals surface area contributed by atoms with Crippen molar-refractivity contribution in [3.8, 4) is 6.07 Å². The van der Waals surface area contributed by atoms with Gasteiger partial charge in [0.25, 0.3) is 0 Å². The maximum absolute atomic E-state index is 9.30. The largest absolute Gasteiger partial charge is 0.369 e. The molecule has 3 N–H and O–H groups in total. The molecular formula is C18H22N6. The fraction of sp³-hybridized carbons (Fsp3) is 0.500. The van der Waals surface area contributed by atoms with Crippen LogP contribution in [-0.2, 0) is 0 Å². The SMILES string of the molecule is N#Cc1ccc(N2CC(CNCCN)C3(CC3)C2)c2nccnc12. The Morgan fingerprint density at radius 3 is 2.79 bits per heavy atom. The second kappa shape index (κ2) is 6.00. The van der Waals surface area contributed by atoms with Gasteiger partial charge in [-0.25, -0.2) is 0 Å². The molecule has 4 rings (SSSR count). The first-order valence-electron chi connectivity index (χ1n) is 8.57. The van der Waals surface area contributed by atoms with Gasteiger partial charge in [-0.1, -0.05) is 0 Å². The van der Waals surface area contributed by atoms with E-state index < -0.39 is 0 Å². The molecule has 1 unspecified atom stereocenters. The highest BCUT2D eigenvalue weighted by Crippen LogP contribution is 2.57. The molecule has 2 aliphatic rings. The molecule has 24 heavy (non-hydrogen) atoms. The average molecular weight is 322 g/mol. The molecule has 1 saturated heterocycles. The Morgan fingerprint density at radius 2 is 2.08 bits per heavy atom. The lowest BCUT2D eigenvalue weighted by atomic mass is 9.93. The molecule has 2 aromatic rings. The summed E-state index contributed by atoms with van der Waals surface area (Å²) in [4.78, 5) is 11.3. The molecular weight excluding hydrogens is 300 g/mol. The number of nitrogens with one attached hydrogen (secondary N) is 1. The Labute approximate surface area is 141 Å². The van der Waals surface area contributed by atoms with Crippen LogP contribution in [-0.4, -0.2) is 42.7 Å². The van der Waals surface area contributed by atoms with Gasteiger partial charge < -0.3 is 16.0 Å². The van der Waals surface area contributed by atoms with E-state index in [-0.39, 0.29) is 0 Å². The fourth-order valence-electron chi connectivity index (χ4n) is 3.99. The second-order valence-electron chi connectivity index (χ2n) is 6.93. The van der Waals surface area contributed by atoms with Crippen LogP contribution in [0.4, 0.5) is 5.69 Å². The minimum Gasteiger partial charge on any atom is -0.369 e. The van der Waals surface area contributed by atoms with E-state index in [1.54, 1.807) is 12.4 Å². The lowest BCUT2D eigenvalue weighted by Crippen LogP contribution is -2.32. The van der Waals surface area contributed by atoms with Crippen molar-refractivity contribution in [2.45, 2.75) is 12.8 Å². The van der Waals surface area contributed by atoms with Gasteiger partial charge in [-0.3, -0.25) is 9.97 Å². The number of hydrogen-bond acceptors (Lipinski definition) is 6. The number of aromatic nitrogens is 2. The van der Waals surface area contributed by atoms with Crippen molar-refractivity contribution in [2.75, 3.05) is 37.6 Å². The molecule has 1 spiro atoms. The monoisotopic (exact) mass is 322 g/mol. The molecule has 1 aromatic carbocycles. The minimum atomic E-state index is 0.448. The summed E-state index contributed by atoms with van der Waals surface area (Å²) in [5.41, 5.74) is 9.26. The minimum absolute atomic E-state index is 0.448. The van der Waals surface area contributed by atoms with Crippen molar-refractivity contribution in [2.24, 2.45) is 17.1 Å². The van der Waals surface area contributed by atoms with Crippen LogP contribution < -0.4 is 16.0 Å². The van der Waals surface area contributed by atoms with Crippen LogP contribution in [0.15, 0.2) is 24.5 Å². The maximum Gasteiger partial charge on any atom is 0.113 e. The van der Waals surface area contributed by atoms with Gasteiger partial charge in [-0.2, -0.15) is 5.26 Å². The van der Waals surface area contributed by atoms with E-state index in [1.165, 1.54) is 12.8 Å². The van der Waals surface area contributed by atoms with Crippen molar-refractivity contribution in [1.29, 1.82) is 5.26 Å². The summed E-state index contributed by atoms with van der Waals surface area (Å²) in [6, 6.07) is 6.11. The molecule has 2 heterocycles. The number of anilines is 1. The van der Waals surface area contributed by atoms with Gasteiger partial charge in [0, 0.05) is 45.1 Å². The average Bonchev–Trinajstić information content (AvgIpc) is 3.30. The number of nitriles is 1. The van der Waals surface area contributed by atoms with Gasteiger partial charge in [0.2, 0.25) is 0 Å². The van der Waals surface area contributed by atoms with Crippen molar-refractivity contribution in [1.82, 2.24) is 15.3 Å². The summed E-state index contributed by atoms with van der Waals surface area (Å²) in [7, 11) is 0. The van der Waals surface area contributed by atoms with Gasteiger partial charge in [0.1, 0.15) is 17.1 Å². The predicted octanol–water partition coefficient (Wildman–Crippen LogP) is 1.27. The molecule has 6 heteroatoms. The number of fused-ring (bicyclic) bond motifs is 1. The molecule has 0 radical (unpaired) electrons. The van der Waals surface area contributed by atoms with Crippen molar-refractivity contribution < 1.29 is 0 Å². The van der Waals surface area contributed by atoms with Crippen LogP contribution in [0.3, 0.4) is 0 Å². The molecule has 6 nitrogen and oxygen atoms in total. The van der Waals surface area contributed by atoms with Crippen molar-refractivity contribution in [3.63, 3.8) is 0 Å². The molecule has 1 aliphatic heterocycles. The van der Waals surface area contributed by atoms with E-state index in [4.69, 9.17) is 5.73 Å². The Bertz CT molecular complexity index is 792. The highest BCUT2D eigenvalue weighted by Gasteiger charge is 2.54. The third kappa shape index (κ3) is 2.50. The quantitative estimate of drug-likeness (QED) is 0.806. The molecule has 0 bridgehead atoms. The standard InChI is InChI=1S/C18H22N6/c19-5-6-21-10-14-11-24(12-18(14)3-4-18)15-2-1-13(9-20)16-17(15)23-8-7-22-16/h1-2,7-8,14,21H,3-6,10-12,19H2. The third-order valence-electron chi connectivity index (χ3n) is 5.48. The molecule has 2 fully saturated rings. The van der Waals surface area contributed by atoms with E-state index >= 15 is 0 Å². The lowest BCUT2D eigenvalue weighted by molar-refractivity contribution is 0.377. The van der Waals surface area contributed by atoms with Crippen LogP contribution in [0, 0.1) is 22.7 Å². The Morgan fingerprint density at radius 1 is 1.29 bits per heavy atom. The van der Waals surface area contributed by atoms with E-state index in [2.05, 4.69) is 26.3 Å². The first-order chi connectivity index (χ1) is 11.8. The molecule has 1 saturated carbocycles. The maximum atomic E-state index is 9.30. The summed E-state index contributed by atoms with van der Waals surface area (Å²) in [6.45, 7) is 4.67. The molecule has 1 atom stereocenters. The third-order valence-corrected chi connectivity index (χ3v) is 5.48.